The van der Waals surface area contributed by atoms with Crippen LogP contribution in [-0.2, 0) is 25.8 Å². The summed E-state index contributed by atoms with van der Waals surface area (Å²) >= 11 is 1.81. The van der Waals surface area contributed by atoms with E-state index in [-0.39, 0.29) is 23.8 Å². The summed E-state index contributed by atoms with van der Waals surface area (Å²) in [5.41, 5.74) is 4.07. The standard InChI is InChI=1S/C23H20FN3OS.ClH/c24-16-2-4-17(26-13-16)3-1-15-8-10-27(23(28)11-15)18-5-6-19-20-7-9-25-14-22(20)29-21(19)12-18;/h2,4-6,8,10-13,25H,1,3,7,9,14H2;1H. The second kappa shape index (κ2) is 8.68. The highest BCUT2D eigenvalue weighted by Gasteiger charge is 2.16. The Morgan fingerprint density at radius 2 is 2.03 bits per heavy atom. The average molecular weight is 442 g/mol. The fourth-order valence-corrected chi connectivity index (χ4v) is 5.14. The Morgan fingerprint density at radius 3 is 2.83 bits per heavy atom. The van der Waals surface area contributed by atoms with Crippen molar-refractivity contribution in [2.75, 3.05) is 6.54 Å². The molecule has 4 aromatic rings. The van der Waals surface area contributed by atoms with E-state index in [9.17, 15) is 9.18 Å². The lowest BCUT2D eigenvalue weighted by Gasteiger charge is -2.12. The van der Waals surface area contributed by atoms with Gasteiger partial charge in [0, 0.05) is 34.1 Å². The summed E-state index contributed by atoms with van der Waals surface area (Å²) in [4.78, 5) is 18.2. The van der Waals surface area contributed by atoms with Crippen molar-refractivity contribution >= 4 is 33.8 Å². The first-order chi connectivity index (χ1) is 14.2. The molecule has 0 aliphatic carbocycles. The summed E-state index contributed by atoms with van der Waals surface area (Å²) in [6.07, 6.45) is 5.49. The van der Waals surface area contributed by atoms with E-state index in [1.54, 1.807) is 16.7 Å². The third-order valence-electron chi connectivity index (χ3n) is 5.42. The molecule has 1 aliphatic rings. The van der Waals surface area contributed by atoms with Gasteiger partial charge >= 0.3 is 0 Å². The summed E-state index contributed by atoms with van der Waals surface area (Å²) in [7, 11) is 0. The van der Waals surface area contributed by atoms with Crippen molar-refractivity contribution in [2.24, 2.45) is 0 Å². The largest absolute Gasteiger partial charge is 0.312 e. The lowest BCUT2D eigenvalue weighted by Crippen LogP contribution is -2.21. The zero-order chi connectivity index (χ0) is 19.8. The molecule has 5 rings (SSSR count). The summed E-state index contributed by atoms with van der Waals surface area (Å²) < 4.78 is 15.9. The Hall–Kier alpha value is -2.54. The Bertz CT molecular complexity index is 1250. The molecule has 1 aliphatic heterocycles. The molecule has 0 unspecified atom stereocenters. The van der Waals surface area contributed by atoms with Gasteiger partial charge in [-0.1, -0.05) is 6.07 Å². The summed E-state index contributed by atoms with van der Waals surface area (Å²) in [6, 6.07) is 13.0. The minimum absolute atomic E-state index is 0. The summed E-state index contributed by atoms with van der Waals surface area (Å²) in [5.74, 6) is -0.337. The molecule has 154 valence electrons. The smallest absolute Gasteiger partial charge is 0.255 e. The van der Waals surface area contributed by atoms with Crippen LogP contribution in [0.4, 0.5) is 4.39 Å². The topological polar surface area (TPSA) is 46.9 Å². The molecular weight excluding hydrogens is 421 g/mol. The van der Waals surface area contributed by atoms with Crippen LogP contribution in [0, 0.1) is 5.82 Å². The maximum atomic E-state index is 13.0. The molecular formula is C23H21ClFN3OS. The van der Waals surface area contributed by atoms with Gasteiger partial charge in [0.1, 0.15) is 5.82 Å². The number of pyridine rings is 2. The molecule has 0 amide bonds. The minimum Gasteiger partial charge on any atom is -0.312 e. The predicted octanol–water partition coefficient (Wildman–Crippen LogP) is 4.44. The number of aromatic nitrogens is 2. The van der Waals surface area contributed by atoms with Gasteiger partial charge in [-0.2, -0.15) is 0 Å². The maximum Gasteiger partial charge on any atom is 0.255 e. The van der Waals surface area contributed by atoms with Crippen LogP contribution in [0.2, 0.25) is 0 Å². The van der Waals surface area contributed by atoms with Gasteiger partial charge in [0.05, 0.1) is 11.9 Å². The maximum absolute atomic E-state index is 13.0. The van der Waals surface area contributed by atoms with Crippen molar-refractivity contribution in [3.63, 3.8) is 0 Å². The van der Waals surface area contributed by atoms with Crippen molar-refractivity contribution in [3.8, 4) is 5.69 Å². The fourth-order valence-electron chi connectivity index (χ4n) is 3.89. The SMILES string of the molecule is Cl.O=c1cc(CCc2ccc(F)cn2)ccn1-c1ccc2c3c(sc2c1)CNCC3. The van der Waals surface area contributed by atoms with E-state index >= 15 is 0 Å². The number of rotatable bonds is 4. The van der Waals surface area contributed by atoms with Crippen molar-refractivity contribution in [1.29, 1.82) is 0 Å². The highest BCUT2D eigenvalue weighted by molar-refractivity contribution is 7.19. The average Bonchev–Trinajstić information content (AvgIpc) is 3.11. The summed E-state index contributed by atoms with van der Waals surface area (Å²) in [5, 5.41) is 4.73. The number of aryl methyl sites for hydroxylation is 2. The highest BCUT2D eigenvalue weighted by atomic mass is 35.5. The van der Waals surface area contributed by atoms with Gasteiger partial charge in [-0.15, -0.1) is 23.7 Å². The van der Waals surface area contributed by atoms with Crippen LogP contribution in [-0.4, -0.2) is 16.1 Å². The van der Waals surface area contributed by atoms with Crippen molar-refractivity contribution < 1.29 is 4.39 Å². The van der Waals surface area contributed by atoms with Crippen molar-refractivity contribution in [3.05, 3.63) is 92.7 Å². The van der Waals surface area contributed by atoms with Gasteiger partial charge in [0.25, 0.3) is 5.56 Å². The molecule has 0 spiro atoms. The molecule has 0 saturated carbocycles. The number of nitrogens with one attached hydrogen (secondary N) is 1. The van der Waals surface area contributed by atoms with E-state index in [0.717, 1.165) is 36.5 Å². The molecule has 1 N–H and O–H groups in total. The molecule has 0 fully saturated rings. The lowest BCUT2D eigenvalue weighted by molar-refractivity contribution is 0.619. The molecule has 0 bridgehead atoms. The zero-order valence-corrected chi connectivity index (χ0v) is 17.9. The first-order valence-corrected chi connectivity index (χ1v) is 10.6. The number of halogens is 2. The molecule has 0 saturated heterocycles. The summed E-state index contributed by atoms with van der Waals surface area (Å²) in [6.45, 7) is 1.95. The quantitative estimate of drug-likeness (QED) is 0.509. The predicted molar refractivity (Wildman–Crippen MR) is 122 cm³/mol. The normalized spacial score (nSPS) is 13.1. The molecule has 3 aromatic heterocycles. The van der Waals surface area contributed by atoms with Crippen LogP contribution < -0.4 is 10.9 Å². The molecule has 4 heterocycles. The lowest BCUT2D eigenvalue weighted by atomic mass is 10.0. The highest BCUT2D eigenvalue weighted by Crippen LogP contribution is 2.34. The van der Waals surface area contributed by atoms with Crippen LogP contribution in [0.5, 0.6) is 0 Å². The molecule has 1 aromatic carbocycles. The van der Waals surface area contributed by atoms with Gasteiger partial charge in [-0.05, 0) is 72.7 Å². The molecule has 0 atom stereocenters. The second-order valence-corrected chi connectivity index (χ2v) is 8.46. The second-order valence-electron chi connectivity index (χ2n) is 7.32. The van der Waals surface area contributed by atoms with E-state index in [4.69, 9.17) is 0 Å². The Kier molecular flexibility index (Phi) is 5.99. The van der Waals surface area contributed by atoms with Crippen LogP contribution in [0.15, 0.2) is 59.7 Å². The molecule has 7 heteroatoms. The van der Waals surface area contributed by atoms with E-state index in [1.165, 1.54) is 32.8 Å². The van der Waals surface area contributed by atoms with Gasteiger partial charge in [-0.25, -0.2) is 4.39 Å². The van der Waals surface area contributed by atoms with Crippen LogP contribution in [0.25, 0.3) is 15.8 Å². The van der Waals surface area contributed by atoms with Crippen molar-refractivity contribution in [1.82, 2.24) is 14.9 Å². The molecule has 4 nitrogen and oxygen atoms in total. The van der Waals surface area contributed by atoms with Crippen LogP contribution >= 0.6 is 23.7 Å². The van der Waals surface area contributed by atoms with Gasteiger partial charge in [0.15, 0.2) is 0 Å². The van der Waals surface area contributed by atoms with Crippen LogP contribution in [0.3, 0.4) is 0 Å². The molecule has 0 radical (unpaired) electrons. The Labute approximate surface area is 183 Å². The number of hydrogen-bond donors (Lipinski definition) is 1. The third-order valence-corrected chi connectivity index (χ3v) is 6.61. The van der Waals surface area contributed by atoms with E-state index < -0.39 is 0 Å². The Morgan fingerprint density at radius 1 is 1.13 bits per heavy atom. The zero-order valence-electron chi connectivity index (χ0n) is 16.2. The molecule has 30 heavy (non-hydrogen) atoms. The van der Waals surface area contributed by atoms with Gasteiger partial charge in [0.2, 0.25) is 0 Å². The van der Waals surface area contributed by atoms with E-state index in [0.29, 0.717) is 12.8 Å². The van der Waals surface area contributed by atoms with Crippen LogP contribution in [0.1, 0.15) is 21.7 Å². The van der Waals surface area contributed by atoms with Gasteiger partial charge in [-0.3, -0.25) is 14.3 Å². The minimum atomic E-state index is -0.337. The van der Waals surface area contributed by atoms with E-state index in [1.807, 2.05) is 29.7 Å². The first kappa shape index (κ1) is 20.7. The van der Waals surface area contributed by atoms with Gasteiger partial charge < -0.3 is 5.32 Å². The van der Waals surface area contributed by atoms with E-state index in [2.05, 4.69) is 22.4 Å². The third kappa shape index (κ3) is 4.03. The number of nitrogens with zero attached hydrogens (tertiary/aromatic N) is 2. The Balaban J connectivity index is 0.00000218. The first-order valence-electron chi connectivity index (χ1n) is 9.75. The number of hydrogen-bond acceptors (Lipinski definition) is 4. The number of benzene rings is 1. The fraction of sp³-hybridized carbons (Fsp3) is 0.217. The monoisotopic (exact) mass is 441 g/mol. The van der Waals surface area contributed by atoms with Crippen molar-refractivity contribution in [2.45, 2.75) is 25.8 Å². The number of thiophene rings is 1. The number of fused-ring (bicyclic) bond motifs is 3.